The van der Waals surface area contributed by atoms with Crippen molar-refractivity contribution in [3.8, 4) is 5.75 Å². The number of benzene rings is 2. The lowest BCUT2D eigenvalue weighted by molar-refractivity contribution is -0.274. The van der Waals surface area contributed by atoms with E-state index in [2.05, 4.69) is 9.46 Å². The number of carbonyl (C=O) groups excluding carboxylic acids is 1. The third-order valence-corrected chi connectivity index (χ3v) is 4.71. The molecule has 0 aliphatic carbocycles. The number of alkyl halides is 3. The molecule has 0 spiro atoms. The van der Waals surface area contributed by atoms with Crippen LogP contribution < -0.4 is 9.46 Å². The zero-order valence-electron chi connectivity index (χ0n) is 12.3. The zero-order chi connectivity index (χ0) is 18.2. The van der Waals surface area contributed by atoms with Gasteiger partial charge in [0.05, 0.1) is 10.5 Å². The standard InChI is InChI=1S/C15H10F3NO5S/c16-15(17,18)24-11-3-5-12(6-4-11)25(21,22)19-10-2-1-9-8-23-14(20)13(9)7-10/h1-7,19H,8H2. The average molecular weight is 373 g/mol. The Hall–Kier alpha value is -2.75. The third-order valence-electron chi connectivity index (χ3n) is 3.31. The molecule has 1 heterocycles. The molecule has 1 aliphatic heterocycles. The summed E-state index contributed by atoms with van der Waals surface area (Å²) in [5, 5.41) is 0. The highest BCUT2D eigenvalue weighted by Gasteiger charge is 2.31. The van der Waals surface area contributed by atoms with Crippen molar-refractivity contribution in [1.29, 1.82) is 0 Å². The second-order valence-electron chi connectivity index (χ2n) is 5.07. The Morgan fingerprint density at radius 1 is 1.08 bits per heavy atom. The topological polar surface area (TPSA) is 81.7 Å². The minimum atomic E-state index is -4.86. The molecule has 132 valence electrons. The maximum Gasteiger partial charge on any atom is 0.573 e. The summed E-state index contributed by atoms with van der Waals surface area (Å²) in [5.41, 5.74) is 1.03. The van der Waals surface area contributed by atoms with Crippen molar-refractivity contribution < 1.29 is 35.9 Å². The number of anilines is 1. The predicted molar refractivity (Wildman–Crippen MR) is 79.5 cm³/mol. The summed E-state index contributed by atoms with van der Waals surface area (Å²) in [6, 6.07) is 8.08. The second-order valence-corrected chi connectivity index (χ2v) is 6.76. The van der Waals surface area contributed by atoms with E-state index in [1.807, 2.05) is 0 Å². The first kappa shape index (κ1) is 17.1. The molecule has 0 saturated heterocycles. The van der Waals surface area contributed by atoms with Crippen LogP contribution in [0.25, 0.3) is 0 Å². The number of cyclic esters (lactones) is 1. The van der Waals surface area contributed by atoms with Crippen molar-refractivity contribution in [1.82, 2.24) is 0 Å². The molecule has 25 heavy (non-hydrogen) atoms. The molecule has 10 heteroatoms. The number of rotatable bonds is 4. The zero-order valence-corrected chi connectivity index (χ0v) is 13.1. The molecule has 2 aromatic carbocycles. The largest absolute Gasteiger partial charge is 0.573 e. The first-order valence-electron chi connectivity index (χ1n) is 6.83. The molecule has 0 amide bonds. The maximum atomic E-state index is 12.3. The van der Waals surface area contributed by atoms with Crippen LogP contribution in [0, 0.1) is 0 Å². The number of ether oxygens (including phenoxy) is 2. The van der Waals surface area contributed by atoms with Gasteiger partial charge in [0.1, 0.15) is 12.4 Å². The van der Waals surface area contributed by atoms with Gasteiger partial charge >= 0.3 is 12.3 Å². The van der Waals surface area contributed by atoms with Crippen molar-refractivity contribution in [2.24, 2.45) is 0 Å². The van der Waals surface area contributed by atoms with Gasteiger partial charge in [-0.3, -0.25) is 4.72 Å². The molecule has 0 aromatic heterocycles. The number of halogens is 3. The Bertz CT molecular complexity index is 923. The fraction of sp³-hybridized carbons (Fsp3) is 0.133. The van der Waals surface area contributed by atoms with Gasteiger partial charge in [-0.2, -0.15) is 0 Å². The highest BCUT2D eigenvalue weighted by Crippen LogP contribution is 2.27. The highest BCUT2D eigenvalue weighted by atomic mass is 32.2. The van der Waals surface area contributed by atoms with Gasteiger partial charge < -0.3 is 9.47 Å². The Kier molecular flexibility index (Phi) is 4.07. The summed E-state index contributed by atoms with van der Waals surface area (Å²) in [4.78, 5) is 11.2. The van der Waals surface area contributed by atoms with E-state index in [1.165, 1.54) is 12.1 Å². The third kappa shape index (κ3) is 3.85. The fourth-order valence-corrected chi connectivity index (χ4v) is 3.26. The van der Waals surface area contributed by atoms with Crippen LogP contribution in [0.15, 0.2) is 47.4 Å². The van der Waals surface area contributed by atoms with Crippen molar-refractivity contribution in [3.05, 3.63) is 53.6 Å². The summed E-state index contributed by atoms with van der Waals surface area (Å²) in [5.74, 6) is -1.09. The maximum absolute atomic E-state index is 12.3. The van der Waals surface area contributed by atoms with Crippen LogP contribution in [0.3, 0.4) is 0 Å². The molecule has 0 radical (unpaired) electrons. The van der Waals surface area contributed by atoms with E-state index in [1.54, 1.807) is 6.07 Å². The molecule has 0 fully saturated rings. The lowest BCUT2D eigenvalue weighted by Gasteiger charge is -2.11. The van der Waals surface area contributed by atoms with E-state index in [9.17, 15) is 26.4 Å². The lowest BCUT2D eigenvalue weighted by Crippen LogP contribution is -2.17. The molecule has 3 rings (SSSR count). The summed E-state index contributed by atoms with van der Waals surface area (Å²) in [7, 11) is -4.05. The average Bonchev–Trinajstić information content (AvgIpc) is 2.87. The van der Waals surface area contributed by atoms with Gasteiger partial charge in [-0.1, -0.05) is 6.07 Å². The number of carbonyl (C=O) groups is 1. The summed E-state index contributed by atoms with van der Waals surface area (Å²) in [6.07, 6.45) is -4.86. The number of hydrogen-bond acceptors (Lipinski definition) is 5. The normalized spacial score (nSPS) is 14.0. The molecule has 6 nitrogen and oxygen atoms in total. The summed E-state index contributed by atoms with van der Waals surface area (Å²) >= 11 is 0. The van der Waals surface area contributed by atoms with Crippen LogP contribution in [-0.2, 0) is 21.4 Å². The van der Waals surface area contributed by atoms with Crippen molar-refractivity contribution in [2.45, 2.75) is 17.9 Å². The van der Waals surface area contributed by atoms with Crippen LogP contribution in [0.1, 0.15) is 15.9 Å². The van der Waals surface area contributed by atoms with Crippen LogP contribution in [0.5, 0.6) is 5.75 Å². The minimum absolute atomic E-state index is 0.127. The van der Waals surface area contributed by atoms with E-state index in [0.29, 0.717) is 5.56 Å². The number of fused-ring (bicyclic) bond motifs is 1. The molecule has 1 aliphatic rings. The van der Waals surface area contributed by atoms with Crippen LogP contribution >= 0.6 is 0 Å². The van der Waals surface area contributed by atoms with E-state index in [4.69, 9.17) is 4.74 Å². The van der Waals surface area contributed by atoms with Crippen molar-refractivity contribution in [2.75, 3.05) is 4.72 Å². The Morgan fingerprint density at radius 2 is 1.76 bits per heavy atom. The van der Waals surface area contributed by atoms with E-state index >= 15 is 0 Å². The lowest BCUT2D eigenvalue weighted by atomic mass is 10.1. The van der Waals surface area contributed by atoms with Gasteiger partial charge in [0.2, 0.25) is 0 Å². The molecule has 0 unspecified atom stereocenters. The molecule has 0 saturated carbocycles. The van der Waals surface area contributed by atoms with Crippen LogP contribution in [0.4, 0.5) is 18.9 Å². The molecule has 2 aromatic rings. The predicted octanol–water partition coefficient (Wildman–Crippen LogP) is 3.06. The quantitative estimate of drug-likeness (QED) is 0.833. The second kappa shape index (κ2) is 5.96. The van der Waals surface area contributed by atoms with Gasteiger partial charge in [0.15, 0.2) is 0 Å². The number of sulfonamides is 1. The van der Waals surface area contributed by atoms with Gasteiger partial charge in [0, 0.05) is 11.3 Å². The Labute approximate surface area is 140 Å². The Balaban J connectivity index is 1.80. The molecular formula is C15H10F3NO5S. The SMILES string of the molecule is O=C1OCc2ccc(NS(=O)(=O)c3ccc(OC(F)(F)F)cc3)cc21. The molecular weight excluding hydrogens is 363 g/mol. The number of esters is 1. The van der Waals surface area contributed by atoms with Crippen molar-refractivity contribution in [3.63, 3.8) is 0 Å². The fourth-order valence-electron chi connectivity index (χ4n) is 2.21. The van der Waals surface area contributed by atoms with Gasteiger partial charge in [0.25, 0.3) is 10.0 Å². The summed E-state index contributed by atoms with van der Waals surface area (Å²) in [6.45, 7) is 0.127. The van der Waals surface area contributed by atoms with Gasteiger partial charge in [-0.15, -0.1) is 13.2 Å². The van der Waals surface area contributed by atoms with E-state index in [0.717, 1.165) is 24.3 Å². The molecule has 0 atom stereocenters. The number of nitrogens with one attached hydrogen (secondary N) is 1. The Morgan fingerprint density at radius 3 is 2.40 bits per heavy atom. The van der Waals surface area contributed by atoms with Gasteiger partial charge in [-0.25, -0.2) is 13.2 Å². The summed E-state index contributed by atoms with van der Waals surface area (Å²) < 4.78 is 71.7. The number of hydrogen-bond donors (Lipinski definition) is 1. The molecule has 0 bridgehead atoms. The molecule has 1 N–H and O–H groups in total. The van der Waals surface area contributed by atoms with Gasteiger partial charge in [-0.05, 0) is 36.4 Å². The highest BCUT2D eigenvalue weighted by molar-refractivity contribution is 7.92. The first-order valence-corrected chi connectivity index (χ1v) is 8.31. The van der Waals surface area contributed by atoms with E-state index in [-0.39, 0.29) is 22.8 Å². The van der Waals surface area contributed by atoms with Crippen LogP contribution in [0.2, 0.25) is 0 Å². The minimum Gasteiger partial charge on any atom is -0.457 e. The first-order chi connectivity index (χ1) is 11.6. The smallest absolute Gasteiger partial charge is 0.457 e. The van der Waals surface area contributed by atoms with Crippen LogP contribution in [-0.4, -0.2) is 20.7 Å². The monoisotopic (exact) mass is 373 g/mol. The van der Waals surface area contributed by atoms with E-state index < -0.39 is 28.1 Å². The van der Waals surface area contributed by atoms with Crippen molar-refractivity contribution >= 4 is 21.7 Å².